The zero-order valence-electron chi connectivity index (χ0n) is 17.3. The number of hydrogen-bond acceptors (Lipinski definition) is 4. The fraction of sp³-hybridized carbons (Fsp3) is 0.435. The summed E-state index contributed by atoms with van der Waals surface area (Å²) in [4.78, 5) is 14.5. The lowest BCUT2D eigenvalue weighted by Crippen LogP contribution is -2.37. The molecule has 0 radical (unpaired) electrons. The average Bonchev–Trinajstić information content (AvgIpc) is 2.64. The highest BCUT2D eigenvalue weighted by atomic mass is 16.6. The summed E-state index contributed by atoms with van der Waals surface area (Å²) in [6, 6.07) is 15.8. The van der Waals surface area contributed by atoms with Gasteiger partial charge >= 0.3 is 6.09 Å². The van der Waals surface area contributed by atoms with E-state index in [1.165, 1.54) is 0 Å². The van der Waals surface area contributed by atoms with Crippen LogP contribution in [0.4, 0.5) is 4.79 Å². The topological polar surface area (TPSA) is 59.0 Å². The normalized spacial score (nSPS) is 11.2. The first kappa shape index (κ1) is 21.8. The standard InChI is InChI=1S/C23H31NO4/c1-23(2,3)28-22(26)24(14-12-20-10-5-6-11-21(20)27-4)17-19-9-7-8-18(16-19)13-15-25/h5-11,16,25H,12-15,17H2,1-4H3. The van der Waals surface area contributed by atoms with Crippen LogP contribution < -0.4 is 4.74 Å². The molecule has 2 aromatic rings. The SMILES string of the molecule is COc1ccccc1CCN(Cc1cccc(CCO)c1)C(=O)OC(C)(C)C. The Labute approximate surface area is 167 Å². The predicted molar refractivity (Wildman–Crippen MR) is 111 cm³/mol. The number of methoxy groups -OCH3 is 1. The molecule has 28 heavy (non-hydrogen) atoms. The van der Waals surface area contributed by atoms with Gasteiger partial charge < -0.3 is 19.5 Å². The third-order valence-corrected chi connectivity index (χ3v) is 4.26. The molecule has 0 spiro atoms. The molecule has 0 bridgehead atoms. The second-order valence-electron chi connectivity index (χ2n) is 7.76. The number of nitrogens with zero attached hydrogens (tertiary/aromatic N) is 1. The molecular formula is C23H31NO4. The van der Waals surface area contributed by atoms with E-state index in [0.29, 0.717) is 25.9 Å². The Hall–Kier alpha value is -2.53. The van der Waals surface area contributed by atoms with E-state index >= 15 is 0 Å². The zero-order valence-corrected chi connectivity index (χ0v) is 17.3. The Balaban J connectivity index is 2.16. The Kier molecular flexibility index (Phi) is 7.88. The second-order valence-corrected chi connectivity index (χ2v) is 7.76. The summed E-state index contributed by atoms with van der Waals surface area (Å²) >= 11 is 0. The first-order chi connectivity index (χ1) is 13.3. The van der Waals surface area contributed by atoms with Gasteiger partial charge in [0.05, 0.1) is 7.11 Å². The van der Waals surface area contributed by atoms with Crippen LogP contribution in [0.25, 0.3) is 0 Å². The number of para-hydroxylation sites is 1. The largest absolute Gasteiger partial charge is 0.496 e. The number of hydrogen-bond donors (Lipinski definition) is 1. The molecule has 5 heteroatoms. The lowest BCUT2D eigenvalue weighted by atomic mass is 10.1. The summed E-state index contributed by atoms with van der Waals surface area (Å²) in [5.74, 6) is 0.816. The molecule has 152 valence electrons. The van der Waals surface area contributed by atoms with Crippen LogP contribution in [-0.4, -0.2) is 42.0 Å². The van der Waals surface area contributed by atoms with Crippen molar-refractivity contribution in [2.45, 2.75) is 45.8 Å². The van der Waals surface area contributed by atoms with Gasteiger partial charge in [0, 0.05) is 19.7 Å². The number of aliphatic hydroxyl groups excluding tert-OH is 1. The van der Waals surface area contributed by atoms with Crippen LogP contribution >= 0.6 is 0 Å². The van der Waals surface area contributed by atoms with Gasteiger partial charge in [0.2, 0.25) is 0 Å². The monoisotopic (exact) mass is 385 g/mol. The molecule has 0 aliphatic heterocycles. The second kappa shape index (κ2) is 10.1. The first-order valence-corrected chi connectivity index (χ1v) is 9.61. The van der Waals surface area contributed by atoms with E-state index < -0.39 is 5.60 Å². The van der Waals surface area contributed by atoms with Crippen LogP contribution in [0.5, 0.6) is 5.75 Å². The van der Waals surface area contributed by atoms with Crippen LogP contribution in [0.1, 0.15) is 37.5 Å². The zero-order chi connectivity index (χ0) is 20.6. The minimum atomic E-state index is -0.557. The maximum atomic E-state index is 12.8. The van der Waals surface area contributed by atoms with Crippen LogP contribution in [0.2, 0.25) is 0 Å². The molecule has 5 nitrogen and oxygen atoms in total. The molecule has 0 saturated carbocycles. The summed E-state index contributed by atoms with van der Waals surface area (Å²) in [5, 5.41) is 9.17. The number of rotatable bonds is 8. The third-order valence-electron chi connectivity index (χ3n) is 4.26. The average molecular weight is 386 g/mol. The maximum Gasteiger partial charge on any atom is 0.410 e. The summed E-state index contributed by atoms with van der Waals surface area (Å²) < 4.78 is 11.0. The number of amides is 1. The molecule has 1 N–H and O–H groups in total. The molecule has 0 aliphatic rings. The van der Waals surface area contributed by atoms with Crippen molar-refractivity contribution in [1.29, 1.82) is 0 Å². The van der Waals surface area contributed by atoms with Gasteiger partial charge in [0.15, 0.2) is 0 Å². The molecule has 1 amide bonds. The lowest BCUT2D eigenvalue weighted by molar-refractivity contribution is 0.0235. The molecule has 0 unspecified atom stereocenters. The summed E-state index contributed by atoms with van der Waals surface area (Å²) in [7, 11) is 1.65. The molecule has 0 fully saturated rings. The number of ether oxygens (including phenoxy) is 2. The summed E-state index contributed by atoms with van der Waals surface area (Å²) in [5.41, 5.74) is 2.55. The van der Waals surface area contributed by atoms with Crippen molar-refractivity contribution >= 4 is 6.09 Å². The molecule has 0 aliphatic carbocycles. The van der Waals surface area contributed by atoms with Crippen molar-refractivity contribution in [1.82, 2.24) is 4.90 Å². The summed E-state index contributed by atoms with van der Waals surface area (Å²) in [6.07, 6.45) is 0.927. The highest BCUT2D eigenvalue weighted by molar-refractivity contribution is 5.68. The molecule has 0 atom stereocenters. The number of aliphatic hydroxyl groups is 1. The highest BCUT2D eigenvalue weighted by Crippen LogP contribution is 2.20. The van der Waals surface area contributed by atoms with E-state index in [0.717, 1.165) is 22.4 Å². The van der Waals surface area contributed by atoms with Crippen molar-refractivity contribution in [3.63, 3.8) is 0 Å². The van der Waals surface area contributed by atoms with Crippen LogP contribution in [-0.2, 0) is 24.1 Å². The minimum Gasteiger partial charge on any atom is -0.496 e. The van der Waals surface area contributed by atoms with Crippen LogP contribution in [0, 0.1) is 0 Å². The fourth-order valence-corrected chi connectivity index (χ4v) is 2.96. The van der Waals surface area contributed by atoms with Gasteiger partial charge in [-0.15, -0.1) is 0 Å². The Morgan fingerprint density at radius 2 is 1.75 bits per heavy atom. The lowest BCUT2D eigenvalue weighted by Gasteiger charge is -2.28. The quantitative estimate of drug-likeness (QED) is 0.739. The highest BCUT2D eigenvalue weighted by Gasteiger charge is 2.22. The third kappa shape index (κ3) is 6.89. The van der Waals surface area contributed by atoms with E-state index in [2.05, 4.69) is 0 Å². The molecular weight excluding hydrogens is 354 g/mol. The Bertz CT molecular complexity index is 767. The van der Waals surface area contributed by atoms with E-state index in [4.69, 9.17) is 9.47 Å². The first-order valence-electron chi connectivity index (χ1n) is 9.61. The van der Waals surface area contributed by atoms with Crippen LogP contribution in [0.15, 0.2) is 48.5 Å². The van der Waals surface area contributed by atoms with Gasteiger partial charge in [0.1, 0.15) is 11.4 Å². The van der Waals surface area contributed by atoms with Crippen molar-refractivity contribution < 1.29 is 19.4 Å². The molecule has 0 aromatic heterocycles. The number of carbonyl (C=O) groups excluding carboxylic acids is 1. The van der Waals surface area contributed by atoms with Crippen LogP contribution in [0.3, 0.4) is 0 Å². The summed E-state index contributed by atoms with van der Waals surface area (Å²) in [6.45, 7) is 6.66. The van der Waals surface area contributed by atoms with E-state index in [1.807, 2.05) is 69.3 Å². The van der Waals surface area contributed by atoms with Gasteiger partial charge in [0.25, 0.3) is 0 Å². The van der Waals surface area contributed by atoms with Gasteiger partial charge in [-0.2, -0.15) is 0 Å². The van der Waals surface area contributed by atoms with Crippen molar-refractivity contribution in [2.24, 2.45) is 0 Å². The molecule has 0 saturated heterocycles. The van der Waals surface area contributed by atoms with Gasteiger partial charge in [-0.05, 0) is 56.4 Å². The Morgan fingerprint density at radius 1 is 1.04 bits per heavy atom. The minimum absolute atomic E-state index is 0.104. The maximum absolute atomic E-state index is 12.8. The van der Waals surface area contributed by atoms with E-state index in [-0.39, 0.29) is 12.7 Å². The van der Waals surface area contributed by atoms with Gasteiger partial charge in [-0.25, -0.2) is 4.79 Å². The van der Waals surface area contributed by atoms with Gasteiger partial charge in [-0.3, -0.25) is 0 Å². The van der Waals surface area contributed by atoms with Crippen molar-refractivity contribution in [3.8, 4) is 5.75 Å². The van der Waals surface area contributed by atoms with Crippen molar-refractivity contribution in [3.05, 3.63) is 65.2 Å². The van der Waals surface area contributed by atoms with E-state index in [1.54, 1.807) is 12.0 Å². The molecule has 2 rings (SSSR count). The van der Waals surface area contributed by atoms with Crippen molar-refractivity contribution in [2.75, 3.05) is 20.3 Å². The molecule has 0 heterocycles. The predicted octanol–water partition coefficient (Wildman–Crippen LogP) is 4.21. The Morgan fingerprint density at radius 3 is 2.43 bits per heavy atom. The number of benzene rings is 2. The fourth-order valence-electron chi connectivity index (χ4n) is 2.96. The smallest absolute Gasteiger partial charge is 0.410 e. The molecule has 2 aromatic carbocycles. The number of carbonyl (C=O) groups is 1. The van der Waals surface area contributed by atoms with E-state index in [9.17, 15) is 9.90 Å². The van der Waals surface area contributed by atoms with Gasteiger partial charge in [-0.1, -0.05) is 42.5 Å².